The summed E-state index contributed by atoms with van der Waals surface area (Å²) < 4.78 is 0. The first-order valence-electron chi connectivity index (χ1n) is 8.83. The zero-order valence-electron chi connectivity index (χ0n) is 14.3. The smallest absolute Gasteiger partial charge is 0.234 e. The molecule has 0 spiro atoms. The summed E-state index contributed by atoms with van der Waals surface area (Å²) in [6, 6.07) is 4.12. The number of carbonyl (C=O) groups is 1. The average Bonchev–Trinajstić information content (AvgIpc) is 3.39. The number of rotatable bonds is 6. The van der Waals surface area contributed by atoms with Gasteiger partial charge in [-0.1, -0.05) is 13.0 Å². The fourth-order valence-corrected chi connectivity index (χ4v) is 3.35. The fourth-order valence-electron chi connectivity index (χ4n) is 3.35. The van der Waals surface area contributed by atoms with Crippen LogP contribution in [0, 0.1) is 12.8 Å². The Morgan fingerprint density at radius 2 is 2.00 bits per heavy atom. The van der Waals surface area contributed by atoms with Crippen molar-refractivity contribution in [2.24, 2.45) is 5.92 Å². The van der Waals surface area contributed by atoms with Gasteiger partial charge in [-0.2, -0.15) is 0 Å². The van der Waals surface area contributed by atoms with Crippen LogP contribution < -0.4 is 5.32 Å². The van der Waals surface area contributed by atoms with E-state index in [1.807, 2.05) is 12.3 Å². The van der Waals surface area contributed by atoms with Crippen molar-refractivity contribution in [3.63, 3.8) is 0 Å². The Labute approximate surface area is 139 Å². The Balaban J connectivity index is 1.56. The van der Waals surface area contributed by atoms with E-state index in [0.717, 1.165) is 38.4 Å². The zero-order valence-corrected chi connectivity index (χ0v) is 14.3. The highest BCUT2D eigenvalue weighted by molar-refractivity contribution is 5.78. The molecule has 1 atom stereocenters. The molecule has 5 nitrogen and oxygen atoms in total. The topological polar surface area (TPSA) is 48.5 Å². The monoisotopic (exact) mass is 316 g/mol. The molecule has 23 heavy (non-hydrogen) atoms. The first kappa shape index (κ1) is 16.4. The van der Waals surface area contributed by atoms with E-state index in [1.165, 1.54) is 18.4 Å². The summed E-state index contributed by atoms with van der Waals surface area (Å²) in [7, 11) is 0. The highest BCUT2D eigenvalue weighted by Crippen LogP contribution is 2.41. The molecule has 1 saturated carbocycles. The molecule has 0 radical (unpaired) electrons. The molecule has 1 aromatic heterocycles. The van der Waals surface area contributed by atoms with Crippen molar-refractivity contribution in [1.29, 1.82) is 0 Å². The average molecular weight is 316 g/mol. The Bertz CT molecular complexity index is 536. The highest BCUT2D eigenvalue weighted by atomic mass is 16.2. The van der Waals surface area contributed by atoms with Crippen molar-refractivity contribution in [3.05, 3.63) is 29.6 Å². The number of amides is 1. The molecule has 1 aliphatic carbocycles. The van der Waals surface area contributed by atoms with Crippen LogP contribution in [-0.2, 0) is 4.79 Å². The Hall–Kier alpha value is -1.46. The van der Waals surface area contributed by atoms with Crippen molar-refractivity contribution in [2.45, 2.75) is 32.7 Å². The van der Waals surface area contributed by atoms with Gasteiger partial charge in [0.1, 0.15) is 0 Å². The lowest BCUT2D eigenvalue weighted by Gasteiger charge is -2.33. The fraction of sp³-hybridized carbons (Fsp3) is 0.667. The number of nitrogens with zero attached hydrogens (tertiary/aromatic N) is 3. The second-order valence-corrected chi connectivity index (χ2v) is 6.80. The van der Waals surface area contributed by atoms with Crippen LogP contribution in [0.5, 0.6) is 0 Å². The van der Waals surface area contributed by atoms with E-state index in [2.05, 4.69) is 40.0 Å². The number of carbonyl (C=O) groups excluding carboxylic acids is 1. The molecule has 1 saturated heterocycles. The van der Waals surface area contributed by atoms with Gasteiger partial charge in [-0.25, -0.2) is 0 Å². The molecule has 0 unspecified atom stereocenters. The van der Waals surface area contributed by atoms with E-state index in [-0.39, 0.29) is 11.9 Å². The van der Waals surface area contributed by atoms with Gasteiger partial charge in [-0.05, 0) is 43.9 Å². The lowest BCUT2D eigenvalue weighted by molar-refractivity contribution is -0.123. The molecule has 0 aromatic carbocycles. The largest absolute Gasteiger partial charge is 0.346 e. The number of aryl methyl sites for hydroxylation is 1. The van der Waals surface area contributed by atoms with Crippen LogP contribution in [-0.4, -0.2) is 60.0 Å². The van der Waals surface area contributed by atoms with Crippen LogP contribution in [0.4, 0.5) is 0 Å². The molecule has 1 aromatic rings. The minimum atomic E-state index is 0.0839. The van der Waals surface area contributed by atoms with Crippen molar-refractivity contribution < 1.29 is 4.79 Å². The first-order valence-corrected chi connectivity index (χ1v) is 8.83. The van der Waals surface area contributed by atoms with Gasteiger partial charge in [0.2, 0.25) is 5.91 Å². The van der Waals surface area contributed by atoms with Crippen LogP contribution in [0.3, 0.4) is 0 Å². The lowest BCUT2D eigenvalue weighted by atomic mass is 10.0. The normalized spacial score (nSPS) is 21.1. The molecule has 0 bridgehead atoms. The standard InChI is InChI=1S/C18H28N4O/c1-3-21-9-11-22(12-10-21)13-16(23)20-18(15-6-7-15)17-14(2)5-4-8-19-17/h4-5,8,15,18H,3,6-7,9-13H2,1-2H3,(H,20,23)/t18-/m0/s1. The Morgan fingerprint density at radius 3 is 2.61 bits per heavy atom. The quantitative estimate of drug-likeness (QED) is 0.866. The van der Waals surface area contributed by atoms with Gasteiger partial charge in [-0.3, -0.25) is 14.7 Å². The molecule has 3 rings (SSSR count). The molecule has 5 heteroatoms. The highest BCUT2D eigenvalue weighted by Gasteiger charge is 2.35. The number of piperazine rings is 1. The van der Waals surface area contributed by atoms with Gasteiger partial charge in [0, 0.05) is 32.4 Å². The molecular formula is C18H28N4O. The van der Waals surface area contributed by atoms with E-state index in [1.54, 1.807) is 0 Å². The van der Waals surface area contributed by atoms with Crippen LogP contribution in [0.15, 0.2) is 18.3 Å². The summed E-state index contributed by atoms with van der Waals surface area (Å²) in [4.78, 5) is 21.7. The summed E-state index contributed by atoms with van der Waals surface area (Å²) in [6.45, 7) is 9.97. The van der Waals surface area contributed by atoms with Crippen LogP contribution in [0.25, 0.3) is 0 Å². The Kier molecular flexibility index (Phi) is 5.28. The van der Waals surface area contributed by atoms with Crippen LogP contribution in [0.1, 0.15) is 37.1 Å². The van der Waals surface area contributed by atoms with Crippen LogP contribution >= 0.6 is 0 Å². The number of aromatic nitrogens is 1. The summed E-state index contributed by atoms with van der Waals surface area (Å²) in [5.74, 6) is 0.696. The molecule has 2 heterocycles. The SMILES string of the molecule is CCN1CCN(CC(=O)N[C@H](c2ncccc2C)C2CC2)CC1. The minimum Gasteiger partial charge on any atom is -0.346 e. The second-order valence-electron chi connectivity index (χ2n) is 6.80. The predicted molar refractivity (Wildman–Crippen MR) is 91.1 cm³/mol. The van der Waals surface area contributed by atoms with E-state index in [4.69, 9.17) is 0 Å². The number of likely N-dealkylation sites (N-methyl/N-ethyl adjacent to an activating group) is 1. The maximum atomic E-state index is 12.5. The van der Waals surface area contributed by atoms with E-state index < -0.39 is 0 Å². The second kappa shape index (κ2) is 7.41. The molecule has 1 amide bonds. The predicted octanol–water partition coefficient (Wildman–Crippen LogP) is 1.59. The third kappa shape index (κ3) is 4.30. The molecule has 1 aliphatic heterocycles. The summed E-state index contributed by atoms with van der Waals surface area (Å²) in [5, 5.41) is 3.25. The maximum absolute atomic E-state index is 12.5. The molecule has 2 aliphatic rings. The molecule has 2 fully saturated rings. The van der Waals surface area contributed by atoms with Crippen molar-refractivity contribution >= 4 is 5.91 Å². The summed E-state index contributed by atoms with van der Waals surface area (Å²) in [5.41, 5.74) is 2.21. The molecule has 1 N–H and O–H groups in total. The van der Waals surface area contributed by atoms with Crippen molar-refractivity contribution in [3.8, 4) is 0 Å². The molecular weight excluding hydrogens is 288 g/mol. The zero-order chi connectivity index (χ0) is 16.2. The van der Waals surface area contributed by atoms with E-state index >= 15 is 0 Å². The lowest BCUT2D eigenvalue weighted by Crippen LogP contribution is -2.49. The Morgan fingerprint density at radius 1 is 1.30 bits per heavy atom. The summed E-state index contributed by atoms with van der Waals surface area (Å²) >= 11 is 0. The van der Waals surface area contributed by atoms with Gasteiger partial charge >= 0.3 is 0 Å². The van der Waals surface area contributed by atoms with Crippen molar-refractivity contribution in [1.82, 2.24) is 20.1 Å². The van der Waals surface area contributed by atoms with Gasteiger partial charge in [0.05, 0.1) is 18.3 Å². The number of pyridine rings is 1. The third-order valence-corrected chi connectivity index (χ3v) is 5.03. The summed E-state index contributed by atoms with van der Waals surface area (Å²) in [6.07, 6.45) is 4.21. The molecule has 126 valence electrons. The van der Waals surface area contributed by atoms with Gasteiger partial charge in [0.25, 0.3) is 0 Å². The van der Waals surface area contributed by atoms with Crippen LogP contribution in [0.2, 0.25) is 0 Å². The number of nitrogens with one attached hydrogen (secondary N) is 1. The number of hydrogen-bond acceptors (Lipinski definition) is 4. The first-order chi connectivity index (χ1) is 11.2. The van der Waals surface area contributed by atoms with Gasteiger partial charge < -0.3 is 10.2 Å². The van der Waals surface area contributed by atoms with E-state index in [0.29, 0.717) is 12.5 Å². The minimum absolute atomic E-state index is 0.0839. The maximum Gasteiger partial charge on any atom is 0.234 e. The van der Waals surface area contributed by atoms with Gasteiger partial charge in [0.15, 0.2) is 0 Å². The number of hydrogen-bond donors (Lipinski definition) is 1. The van der Waals surface area contributed by atoms with Gasteiger partial charge in [-0.15, -0.1) is 0 Å². The van der Waals surface area contributed by atoms with E-state index in [9.17, 15) is 4.79 Å². The van der Waals surface area contributed by atoms with Crippen molar-refractivity contribution in [2.75, 3.05) is 39.3 Å². The third-order valence-electron chi connectivity index (χ3n) is 5.03.